The molecule has 3 aromatic carbocycles. The number of rotatable bonds is 16. The van der Waals surface area contributed by atoms with Crippen LogP contribution in [0.25, 0.3) is 10.9 Å². The highest BCUT2D eigenvalue weighted by Crippen LogP contribution is 2.51. The van der Waals surface area contributed by atoms with Crippen LogP contribution in [0.2, 0.25) is 0 Å². The molecule has 0 bridgehead atoms. The van der Waals surface area contributed by atoms with Crippen molar-refractivity contribution in [2.45, 2.75) is 69.2 Å². The Morgan fingerprint density at radius 1 is 0.831 bits per heavy atom. The third kappa shape index (κ3) is 10.6. The number of amides is 3. The molecule has 0 aliphatic carbocycles. The van der Waals surface area contributed by atoms with Crippen molar-refractivity contribution in [2.24, 2.45) is 4.99 Å². The largest absolute Gasteiger partial charge is 0.434 e. The lowest BCUT2D eigenvalue weighted by Crippen LogP contribution is -2.56. The molecule has 2 saturated heterocycles. The summed E-state index contributed by atoms with van der Waals surface area (Å²) in [5.74, 6) is -2.32. The molecular formula is C43H46N5O10P. The van der Waals surface area contributed by atoms with Gasteiger partial charge in [-0.05, 0) is 85.7 Å². The number of hydrogen-bond acceptors (Lipinski definition) is 11. The van der Waals surface area contributed by atoms with Crippen molar-refractivity contribution in [3.63, 3.8) is 0 Å². The summed E-state index contributed by atoms with van der Waals surface area (Å²) in [5.41, 5.74) is 2.92. The zero-order chi connectivity index (χ0) is 41.2. The maximum Gasteiger partial charge on any atom is 0.340 e. The normalized spacial score (nSPS) is 19.1. The monoisotopic (exact) mass is 823 g/mol. The van der Waals surface area contributed by atoms with E-state index < -0.39 is 51.1 Å². The average molecular weight is 824 g/mol. The summed E-state index contributed by atoms with van der Waals surface area (Å²) in [6.45, 7) is -0.294. The Morgan fingerprint density at radius 2 is 1.51 bits per heavy atom. The zero-order valence-corrected chi connectivity index (χ0v) is 33.3. The first-order valence-electron chi connectivity index (χ1n) is 19.7. The number of ether oxygens (including phenoxy) is 2. The lowest BCUT2D eigenvalue weighted by atomic mass is 9.99. The van der Waals surface area contributed by atoms with Gasteiger partial charge in [-0.3, -0.25) is 33.0 Å². The molecule has 3 amide bonds. The van der Waals surface area contributed by atoms with E-state index in [1.807, 2.05) is 12.3 Å². The molecule has 15 nitrogen and oxygen atoms in total. The SMILES string of the molecule is O=C(OCOP(=O)(Cc1ccc2[nH]c(C(=O)N[C@H]3CCCCC4CC[C@@H](C(=O)NCCC5=CCN=C5)N4C3=O)cc2c1)OCOC(=O)c1ccccc1)c1ccccc1. The summed E-state index contributed by atoms with van der Waals surface area (Å²) >= 11 is 0. The number of aromatic amines is 1. The summed E-state index contributed by atoms with van der Waals surface area (Å²) in [4.78, 5) is 75.1. The van der Waals surface area contributed by atoms with Crippen LogP contribution in [-0.4, -0.2) is 90.6 Å². The topological polar surface area (TPSA) is 195 Å². The van der Waals surface area contributed by atoms with Crippen LogP contribution < -0.4 is 10.6 Å². The first kappa shape index (κ1) is 41.3. The minimum atomic E-state index is -4.12. The first-order chi connectivity index (χ1) is 28.7. The molecule has 7 rings (SSSR count). The fraction of sp³-hybridized carbons (Fsp3) is 0.349. The van der Waals surface area contributed by atoms with Crippen LogP contribution in [0.15, 0.2) is 102 Å². The van der Waals surface area contributed by atoms with Crippen LogP contribution in [0.1, 0.15) is 81.7 Å². The van der Waals surface area contributed by atoms with Crippen LogP contribution >= 0.6 is 7.60 Å². The lowest BCUT2D eigenvalue weighted by molar-refractivity contribution is -0.142. The van der Waals surface area contributed by atoms with Gasteiger partial charge in [0.2, 0.25) is 25.4 Å². The van der Waals surface area contributed by atoms with E-state index in [2.05, 4.69) is 20.6 Å². The van der Waals surface area contributed by atoms with Crippen molar-refractivity contribution in [3.8, 4) is 0 Å². The van der Waals surface area contributed by atoms with Crippen LogP contribution in [0, 0.1) is 0 Å². The Labute approximate surface area is 341 Å². The minimum Gasteiger partial charge on any atom is -0.434 e. The highest BCUT2D eigenvalue weighted by atomic mass is 31.2. The Hall–Kier alpha value is -5.89. The van der Waals surface area contributed by atoms with Gasteiger partial charge >= 0.3 is 19.5 Å². The van der Waals surface area contributed by atoms with E-state index in [1.165, 1.54) is 0 Å². The molecule has 4 aromatic rings. The minimum absolute atomic E-state index is 0.0649. The van der Waals surface area contributed by atoms with Gasteiger partial charge in [0.25, 0.3) is 5.91 Å². The second kappa shape index (κ2) is 19.2. The van der Waals surface area contributed by atoms with Crippen molar-refractivity contribution in [2.75, 3.05) is 26.7 Å². The maximum atomic E-state index is 14.1. The maximum absolute atomic E-state index is 14.1. The Morgan fingerprint density at radius 3 is 2.17 bits per heavy atom. The smallest absolute Gasteiger partial charge is 0.340 e. The molecule has 3 atom stereocenters. The molecule has 0 saturated carbocycles. The van der Waals surface area contributed by atoms with Crippen LogP contribution in [0.5, 0.6) is 0 Å². The predicted octanol–water partition coefficient (Wildman–Crippen LogP) is 6.07. The number of H-pyrrole nitrogens is 1. The molecule has 3 aliphatic rings. The summed E-state index contributed by atoms with van der Waals surface area (Å²) in [6, 6.07) is 21.6. The summed E-state index contributed by atoms with van der Waals surface area (Å²) in [7, 11) is -4.12. The Kier molecular flexibility index (Phi) is 13.5. The van der Waals surface area contributed by atoms with Crippen LogP contribution in [0.4, 0.5) is 0 Å². The molecule has 308 valence electrons. The van der Waals surface area contributed by atoms with Crippen LogP contribution in [-0.2, 0) is 38.8 Å². The van der Waals surface area contributed by atoms with Gasteiger partial charge in [-0.25, -0.2) is 9.59 Å². The molecular weight excluding hydrogens is 777 g/mol. The van der Waals surface area contributed by atoms with Gasteiger partial charge in [0.1, 0.15) is 17.8 Å². The van der Waals surface area contributed by atoms with Crippen molar-refractivity contribution < 1.29 is 47.1 Å². The fourth-order valence-electron chi connectivity index (χ4n) is 7.56. The molecule has 59 heavy (non-hydrogen) atoms. The first-order valence-corrected chi connectivity index (χ1v) is 21.4. The van der Waals surface area contributed by atoms with Gasteiger partial charge in [0.05, 0.1) is 23.8 Å². The summed E-state index contributed by atoms with van der Waals surface area (Å²) in [6.07, 6.45) is 8.39. The van der Waals surface area contributed by atoms with E-state index >= 15 is 0 Å². The molecule has 0 radical (unpaired) electrons. The fourth-order valence-corrected chi connectivity index (χ4v) is 8.88. The molecule has 16 heteroatoms. The second-order valence-corrected chi connectivity index (χ2v) is 16.6. The molecule has 0 spiro atoms. The van der Waals surface area contributed by atoms with E-state index in [9.17, 15) is 28.5 Å². The van der Waals surface area contributed by atoms with Gasteiger partial charge in [-0.1, -0.05) is 61.4 Å². The van der Waals surface area contributed by atoms with Gasteiger partial charge in [-0.15, -0.1) is 0 Å². The Balaban J connectivity index is 1.00. The van der Waals surface area contributed by atoms with Crippen molar-refractivity contribution in [1.29, 1.82) is 0 Å². The molecule has 4 heterocycles. The van der Waals surface area contributed by atoms with Gasteiger partial charge < -0.3 is 30.0 Å². The quantitative estimate of drug-likeness (QED) is 0.0678. The number of nitrogens with one attached hydrogen (secondary N) is 3. The van der Waals surface area contributed by atoms with Crippen molar-refractivity contribution in [3.05, 3.63) is 119 Å². The van der Waals surface area contributed by atoms with Gasteiger partial charge in [0.15, 0.2) is 0 Å². The number of aliphatic imine (C=N–C) groups is 1. The summed E-state index contributed by atoms with van der Waals surface area (Å²) in [5, 5.41) is 6.52. The molecule has 1 aromatic heterocycles. The Bertz CT molecular complexity index is 2220. The third-order valence-corrected chi connectivity index (χ3v) is 12.3. The number of aromatic nitrogens is 1. The van der Waals surface area contributed by atoms with E-state index in [0.717, 1.165) is 31.3 Å². The number of benzene rings is 3. The van der Waals surface area contributed by atoms with Gasteiger partial charge in [-0.2, -0.15) is 0 Å². The molecule has 3 aliphatic heterocycles. The molecule has 1 unspecified atom stereocenters. The third-order valence-electron chi connectivity index (χ3n) is 10.6. The van der Waals surface area contributed by atoms with E-state index in [4.69, 9.17) is 18.5 Å². The van der Waals surface area contributed by atoms with Gasteiger partial charge in [0, 0.05) is 29.7 Å². The van der Waals surface area contributed by atoms with E-state index in [0.29, 0.717) is 48.8 Å². The van der Waals surface area contributed by atoms with Crippen LogP contribution in [0.3, 0.4) is 0 Å². The number of hydrogen-bond donors (Lipinski definition) is 3. The number of carbonyl (C=O) groups excluding carboxylic acids is 5. The van der Waals surface area contributed by atoms with E-state index in [-0.39, 0.29) is 40.8 Å². The van der Waals surface area contributed by atoms with Crippen molar-refractivity contribution >= 4 is 54.4 Å². The van der Waals surface area contributed by atoms with E-state index in [1.54, 1.807) is 89.8 Å². The zero-order valence-electron chi connectivity index (χ0n) is 32.4. The predicted molar refractivity (Wildman–Crippen MR) is 218 cm³/mol. The standard InChI is InChI=1S/C43H46N5O10P/c49-39(47-36-14-8-7-13-34-16-18-38(48(34)41(36)51)40(50)45-22-20-29-19-21-44-25-29)37-24-33-23-30(15-17-35(33)46-37)26-59(54,57-27-55-42(52)31-9-3-1-4-10-31)58-28-56-43(53)32-11-5-2-6-12-32/h1-6,9-12,15,17,19,23-25,34,36,38,46H,7-8,13-14,16,18,20-22,26-28H2,(H,45,50)(H,47,49)/t34?,36-,38-/m0/s1. The average Bonchev–Trinajstić information content (AvgIpc) is 4.02. The number of fused-ring (bicyclic) bond motifs is 2. The summed E-state index contributed by atoms with van der Waals surface area (Å²) < 4.78 is 35.5. The second-order valence-electron chi connectivity index (χ2n) is 14.6. The molecule has 2 fully saturated rings. The van der Waals surface area contributed by atoms with Crippen molar-refractivity contribution in [1.82, 2.24) is 20.5 Å². The number of carbonyl (C=O) groups is 5. The highest BCUT2D eigenvalue weighted by Gasteiger charge is 2.44. The molecule has 3 N–H and O–H groups in total. The lowest BCUT2D eigenvalue weighted by Gasteiger charge is -2.35. The number of nitrogens with zero attached hydrogens (tertiary/aromatic N) is 2. The number of esters is 2. The highest BCUT2D eigenvalue weighted by molar-refractivity contribution is 7.53.